The molecule has 0 aliphatic carbocycles. The molecule has 0 aliphatic heterocycles. The average Bonchev–Trinajstić information content (AvgIpc) is 2.70. The van der Waals surface area contributed by atoms with Crippen molar-refractivity contribution >= 4 is 21.9 Å². The summed E-state index contributed by atoms with van der Waals surface area (Å²) < 4.78 is 23.5. The fourth-order valence-corrected chi connectivity index (χ4v) is 2.03. The minimum Gasteiger partial charge on any atom is -0.479 e. The van der Waals surface area contributed by atoms with Crippen molar-refractivity contribution in [3.05, 3.63) is 18.0 Å². The predicted octanol–water partition coefficient (Wildman–Crippen LogP) is -1.76. The number of carboxylic acids is 1. The molecule has 0 aromatic carbocycles. The van der Waals surface area contributed by atoms with E-state index in [0.717, 1.165) is 6.07 Å². The van der Waals surface area contributed by atoms with Crippen LogP contribution in [0.5, 0.6) is 0 Å². The molecule has 20 heavy (non-hydrogen) atoms. The van der Waals surface area contributed by atoms with Gasteiger partial charge in [-0.2, -0.15) is 0 Å². The lowest BCUT2D eigenvalue weighted by Gasteiger charge is -2.07. The number of rotatable bonds is 6. The van der Waals surface area contributed by atoms with Crippen LogP contribution in [0.15, 0.2) is 17.2 Å². The molecule has 0 saturated heterocycles. The summed E-state index contributed by atoms with van der Waals surface area (Å²) in [4.78, 5) is 21.9. The number of sulfonamides is 1. The van der Waals surface area contributed by atoms with E-state index < -0.39 is 28.0 Å². The zero-order valence-corrected chi connectivity index (χ0v) is 11.4. The molecule has 0 fully saturated rings. The van der Waals surface area contributed by atoms with E-state index in [0.29, 0.717) is 0 Å². The lowest BCUT2D eigenvalue weighted by atomic mass is 10.2. The van der Waals surface area contributed by atoms with Crippen LogP contribution in [0, 0.1) is 0 Å². The fraction of sp³-hybridized carbons (Fsp3) is 0.400. The maximum absolute atomic E-state index is 11.8. The fourth-order valence-electron chi connectivity index (χ4n) is 1.45. The van der Waals surface area contributed by atoms with E-state index in [4.69, 9.17) is 15.4 Å². The van der Waals surface area contributed by atoms with E-state index in [2.05, 4.69) is 5.32 Å². The second kappa shape index (κ2) is 6.03. The molecule has 0 saturated carbocycles. The van der Waals surface area contributed by atoms with E-state index in [1.807, 2.05) is 0 Å². The number of aliphatic hydroxyl groups is 1. The minimum atomic E-state index is -3.90. The monoisotopic (exact) mass is 305 g/mol. The molecule has 1 atom stereocenters. The normalized spacial score (nSPS) is 12.9. The van der Waals surface area contributed by atoms with Crippen LogP contribution in [-0.2, 0) is 21.9 Å². The number of nitrogens with one attached hydrogen (secondary N) is 1. The van der Waals surface area contributed by atoms with Gasteiger partial charge in [-0.05, 0) is 6.07 Å². The smallest absolute Gasteiger partial charge is 0.332 e. The molecule has 0 bridgehead atoms. The van der Waals surface area contributed by atoms with Gasteiger partial charge in [0.1, 0.15) is 10.6 Å². The highest BCUT2D eigenvalue weighted by atomic mass is 32.2. The molecule has 9 nitrogen and oxygen atoms in total. The van der Waals surface area contributed by atoms with Gasteiger partial charge in [-0.3, -0.25) is 4.79 Å². The first-order valence-electron chi connectivity index (χ1n) is 5.51. The van der Waals surface area contributed by atoms with Gasteiger partial charge in [-0.15, -0.1) is 0 Å². The number of aliphatic carboxylic acids is 1. The third kappa shape index (κ3) is 4.05. The van der Waals surface area contributed by atoms with Crippen LogP contribution in [-0.4, -0.2) is 47.7 Å². The van der Waals surface area contributed by atoms with Crippen LogP contribution in [0.3, 0.4) is 0 Å². The number of carboxylic acid groups (broad SMARTS) is 1. The van der Waals surface area contributed by atoms with E-state index in [1.165, 1.54) is 17.8 Å². The number of aliphatic hydroxyl groups excluding tert-OH is 1. The minimum absolute atomic E-state index is 0.0545. The standard InChI is InChI=1S/C10H15N3O6S/c1-13-5-6(20(11,18)19)4-7(13)9(15)12-3-2-8(14)10(16)17/h4-5,8,14H,2-3H2,1H3,(H,12,15)(H,16,17)(H2,11,18,19). The Labute approximate surface area is 115 Å². The number of nitrogens with zero attached hydrogens (tertiary/aromatic N) is 1. The summed E-state index contributed by atoms with van der Waals surface area (Å²) in [5.41, 5.74) is 0.0545. The molecule has 1 unspecified atom stereocenters. The summed E-state index contributed by atoms with van der Waals surface area (Å²) in [7, 11) is -2.43. The van der Waals surface area contributed by atoms with Crippen molar-refractivity contribution in [3.8, 4) is 0 Å². The van der Waals surface area contributed by atoms with Gasteiger partial charge in [0.2, 0.25) is 10.0 Å². The molecule has 1 rings (SSSR count). The van der Waals surface area contributed by atoms with Crippen molar-refractivity contribution in [3.63, 3.8) is 0 Å². The number of hydrogen-bond donors (Lipinski definition) is 4. The summed E-state index contributed by atoms with van der Waals surface area (Å²) in [5, 5.41) is 24.8. The first-order valence-corrected chi connectivity index (χ1v) is 7.06. The Hall–Kier alpha value is -1.91. The Morgan fingerprint density at radius 3 is 2.55 bits per heavy atom. The van der Waals surface area contributed by atoms with Crippen molar-refractivity contribution in [1.82, 2.24) is 9.88 Å². The highest BCUT2D eigenvalue weighted by Crippen LogP contribution is 2.11. The van der Waals surface area contributed by atoms with Gasteiger partial charge in [-0.25, -0.2) is 18.4 Å². The molecule has 1 heterocycles. The van der Waals surface area contributed by atoms with Crippen molar-refractivity contribution in [1.29, 1.82) is 0 Å². The van der Waals surface area contributed by atoms with Crippen LogP contribution < -0.4 is 10.5 Å². The van der Waals surface area contributed by atoms with E-state index >= 15 is 0 Å². The summed E-state index contributed by atoms with van der Waals surface area (Å²) in [6.45, 7) is -0.0673. The molecule has 0 spiro atoms. The molecular formula is C10H15N3O6S. The summed E-state index contributed by atoms with van der Waals surface area (Å²) in [6, 6.07) is 1.11. The Morgan fingerprint density at radius 2 is 2.10 bits per heavy atom. The number of carbonyl (C=O) groups is 2. The second-order valence-corrected chi connectivity index (χ2v) is 5.68. The van der Waals surface area contributed by atoms with Crippen molar-refractivity contribution in [2.45, 2.75) is 17.4 Å². The predicted molar refractivity (Wildman–Crippen MR) is 67.4 cm³/mol. The highest BCUT2D eigenvalue weighted by Gasteiger charge is 2.18. The lowest BCUT2D eigenvalue weighted by molar-refractivity contribution is -0.146. The van der Waals surface area contributed by atoms with Crippen molar-refractivity contribution in [2.75, 3.05) is 6.54 Å². The molecule has 1 amide bonds. The van der Waals surface area contributed by atoms with Gasteiger partial charge < -0.3 is 20.1 Å². The topological polar surface area (TPSA) is 152 Å². The molecule has 5 N–H and O–H groups in total. The van der Waals surface area contributed by atoms with Crippen molar-refractivity contribution < 1.29 is 28.2 Å². The van der Waals surface area contributed by atoms with Crippen LogP contribution in [0.4, 0.5) is 0 Å². The number of nitrogens with two attached hydrogens (primary N) is 1. The molecule has 1 aromatic heterocycles. The number of primary sulfonamides is 1. The summed E-state index contributed by atoms with van der Waals surface area (Å²) in [6.07, 6.45) is -0.534. The number of hydrogen-bond acceptors (Lipinski definition) is 5. The molecule has 1 aromatic rings. The van der Waals surface area contributed by atoms with Gasteiger partial charge in [0.25, 0.3) is 5.91 Å². The lowest BCUT2D eigenvalue weighted by Crippen LogP contribution is -2.30. The third-order valence-electron chi connectivity index (χ3n) is 2.53. The van der Waals surface area contributed by atoms with Crippen LogP contribution in [0.1, 0.15) is 16.9 Å². The van der Waals surface area contributed by atoms with Gasteiger partial charge in [0, 0.05) is 26.2 Å². The van der Waals surface area contributed by atoms with E-state index in [1.54, 1.807) is 0 Å². The second-order valence-electron chi connectivity index (χ2n) is 4.12. The van der Waals surface area contributed by atoms with Gasteiger partial charge >= 0.3 is 5.97 Å². The Bertz CT molecular complexity index is 621. The summed E-state index contributed by atoms with van der Waals surface area (Å²) in [5.74, 6) is -1.98. The van der Waals surface area contributed by atoms with E-state index in [-0.39, 0.29) is 23.6 Å². The van der Waals surface area contributed by atoms with Gasteiger partial charge in [-0.1, -0.05) is 0 Å². The Balaban J connectivity index is 2.69. The largest absolute Gasteiger partial charge is 0.479 e. The highest BCUT2D eigenvalue weighted by molar-refractivity contribution is 7.89. The number of aromatic nitrogens is 1. The zero-order chi connectivity index (χ0) is 15.5. The van der Waals surface area contributed by atoms with Gasteiger partial charge in [0.05, 0.1) is 0 Å². The number of aryl methyl sites for hydroxylation is 1. The Morgan fingerprint density at radius 1 is 1.50 bits per heavy atom. The third-order valence-corrected chi connectivity index (χ3v) is 3.41. The quantitative estimate of drug-likeness (QED) is 0.488. The number of amides is 1. The molecular weight excluding hydrogens is 290 g/mol. The number of carbonyl (C=O) groups excluding carboxylic acids is 1. The van der Waals surface area contributed by atoms with Crippen LogP contribution in [0.25, 0.3) is 0 Å². The summed E-state index contributed by atoms with van der Waals surface area (Å²) >= 11 is 0. The van der Waals surface area contributed by atoms with Crippen molar-refractivity contribution in [2.24, 2.45) is 12.2 Å². The SMILES string of the molecule is Cn1cc(S(N)(=O)=O)cc1C(=O)NCCC(O)C(=O)O. The zero-order valence-electron chi connectivity index (χ0n) is 10.6. The Kier molecular flexibility index (Phi) is 4.87. The first-order chi connectivity index (χ1) is 9.12. The molecule has 10 heteroatoms. The maximum atomic E-state index is 11.8. The van der Waals surface area contributed by atoms with Crippen LogP contribution >= 0.6 is 0 Å². The molecule has 0 radical (unpaired) electrons. The van der Waals surface area contributed by atoms with Crippen LogP contribution in [0.2, 0.25) is 0 Å². The van der Waals surface area contributed by atoms with E-state index in [9.17, 15) is 18.0 Å². The first kappa shape index (κ1) is 16.1. The van der Waals surface area contributed by atoms with Gasteiger partial charge in [0.15, 0.2) is 6.10 Å². The average molecular weight is 305 g/mol. The maximum Gasteiger partial charge on any atom is 0.332 e. The molecule has 112 valence electrons. The molecule has 0 aliphatic rings.